The largest absolute Gasteiger partial charge is 0.113 e. The first-order valence-corrected chi connectivity index (χ1v) is 5.15. The Bertz CT molecular complexity index is 210. The van der Waals surface area contributed by atoms with Gasteiger partial charge in [0, 0.05) is 5.03 Å². The third kappa shape index (κ3) is 1.82. The lowest BCUT2D eigenvalue weighted by molar-refractivity contribution is 0.689. The third-order valence-corrected chi connectivity index (χ3v) is 4.63. The molecule has 3 heteroatoms. The van der Waals surface area contributed by atoms with Crippen LogP contribution in [0.1, 0.15) is 13.3 Å². The highest BCUT2D eigenvalue weighted by Gasteiger charge is 2.34. The molecule has 0 saturated carbocycles. The molecule has 1 rings (SSSR count). The van der Waals surface area contributed by atoms with Crippen LogP contribution < -0.4 is 0 Å². The van der Waals surface area contributed by atoms with Gasteiger partial charge in [-0.3, -0.25) is 0 Å². The number of allylic oxidation sites excluding steroid dienone is 4. The van der Waals surface area contributed by atoms with E-state index in [9.17, 15) is 0 Å². The van der Waals surface area contributed by atoms with Gasteiger partial charge in [-0.05, 0) is 12.5 Å². The molecule has 11 heavy (non-hydrogen) atoms. The maximum Gasteiger partial charge on any atom is 0.0800 e. The molecule has 0 aromatic heterocycles. The van der Waals surface area contributed by atoms with Crippen LogP contribution in [0.3, 0.4) is 0 Å². The fourth-order valence-electron chi connectivity index (χ4n) is 0.995. The Morgan fingerprint density at radius 3 is 2.82 bits per heavy atom. The molecule has 0 bridgehead atoms. The van der Waals surface area contributed by atoms with Gasteiger partial charge in [0.2, 0.25) is 0 Å². The van der Waals surface area contributed by atoms with Crippen molar-refractivity contribution in [1.29, 1.82) is 0 Å². The average molecular weight is 256 g/mol. The standard InChI is InChI=1S/C8H9BrCl2/c1-2-8(11)5-3-4-6(10)7(8)9/h3-5,7H,2H2,1H3. The zero-order valence-electron chi connectivity index (χ0n) is 6.15. The first-order chi connectivity index (χ1) is 5.10. The lowest BCUT2D eigenvalue weighted by Crippen LogP contribution is -2.31. The van der Waals surface area contributed by atoms with E-state index in [0.717, 1.165) is 11.5 Å². The molecule has 0 amide bonds. The van der Waals surface area contributed by atoms with Crippen LogP contribution in [-0.4, -0.2) is 9.70 Å². The van der Waals surface area contributed by atoms with E-state index in [4.69, 9.17) is 23.2 Å². The summed E-state index contributed by atoms with van der Waals surface area (Å²) in [4.78, 5) is -0.292. The number of alkyl halides is 2. The Labute approximate surface area is 85.4 Å². The molecule has 0 N–H and O–H groups in total. The molecule has 1 aliphatic rings. The molecule has 2 atom stereocenters. The van der Waals surface area contributed by atoms with E-state index in [1.807, 2.05) is 25.2 Å². The molecular formula is C8H9BrCl2. The quantitative estimate of drug-likeness (QED) is 0.625. The summed E-state index contributed by atoms with van der Waals surface area (Å²) in [5.74, 6) is 0. The molecule has 0 saturated heterocycles. The summed E-state index contributed by atoms with van der Waals surface area (Å²) >= 11 is 15.6. The molecular weight excluding hydrogens is 247 g/mol. The van der Waals surface area contributed by atoms with Crippen molar-refractivity contribution in [3.8, 4) is 0 Å². The minimum absolute atomic E-state index is 0.0494. The SMILES string of the molecule is CCC1(Cl)C=CC=C(Cl)C1Br. The Kier molecular flexibility index (Phi) is 3.07. The molecule has 0 radical (unpaired) electrons. The smallest absolute Gasteiger partial charge is 0.0800 e. The van der Waals surface area contributed by atoms with Gasteiger partial charge >= 0.3 is 0 Å². The second-order valence-electron chi connectivity index (χ2n) is 2.55. The zero-order valence-corrected chi connectivity index (χ0v) is 9.25. The van der Waals surface area contributed by atoms with Gasteiger partial charge in [-0.15, -0.1) is 11.6 Å². The second-order valence-corrected chi connectivity index (χ2v) is 4.61. The summed E-state index contributed by atoms with van der Waals surface area (Å²) in [7, 11) is 0. The number of hydrogen-bond donors (Lipinski definition) is 0. The van der Waals surface area contributed by atoms with E-state index in [1.165, 1.54) is 0 Å². The maximum absolute atomic E-state index is 6.25. The fraction of sp³-hybridized carbons (Fsp3) is 0.500. The van der Waals surface area contributed by atoms with Crippen LogP contribution in [0.15, 0.2) is 23.3 Å². The zero-order chi connectivity index (χ0) is 8.48. The fourth-order valence-corrected chi connectivity index (χ4v) is 2.14. The van der Waals surface area contributed by atoms with E-state index in [0.29, 0.717) is 0 Å². The molecule has 62 valence electrons. The summed E-state index contributed by atoms with van der Waals surface area (Å²) in [6, 6.07) is 0. The predicted molar refractivity (Wildman–Crippen MR) is 54.7 cm³/mol. The highest BCUT2D eigenvalue weighted by molar-refractivity contribution is 9.09. The molecule has 0 nitrogen and oxygen atoms in total. The first-order valence-electron chi connectivity index (χ1n) is 3.48. The minimum atomic E-state index is -0.341. The van der Waals surface area contributed by atoms with Crippen molar-refractivity contribution in [3.63, 3.8) is 0 Å². The van der Waals surface area contributed by atoms with Crippen molar-refractivity contribution in [2.24, 2.45) is 0 Å². The molecule has 0 fully saturated rings. The summed E-state index contributed by atoms with van der Waals surface area (Å²) in [6.07, 6.45) is 6.60. The Balaban J connectivity index is 2.88. The highest BCUT2D eigenvalue weighted by Crippen LogP contribution is 2.39. The van der Waals surface area contributed by atoms with E-state index < -0.39 is 0 Å². The molecule has 0 aromatic carbocycles. The van der Waals surface area contributed by atoms with Gasteiger partial charge in [0.05, 0.1) is 9.70 Å². The van der Waals surface area contributed by atoms with E-state index in [2.05, 4.69) is 15.9 Å². The average Bonchev–Trinajstić information content (AvgIpc) is 2.00. The van der Waals surface area contributed by atoms with Crippen LogP contribution in [0, 0.1) is 0 Å². The maximum atomic E-state index is 6.25. The normalized spacial score (nSPS) is 37.1. The van der Waals surface area contributed by atoms with Crippen LogP contribution in [0.25, 0.3) is 0 Å². The molecule has 0 spiro atoms. The van der Waals surface area contributed by atoms with E-state index >= 15 is 0 Å². The Hall–Kier alpha value is 0.540. The molecule has 0 heterocycles. The molecule has 2 unspecified atom stereocenters. The van der Waals surface area contributed by atoms with Crippen molar-refractivity contribution in [3.05, 3.63) is 23.3 Å². The van der Waals surface area contributed by atoms with E-state index in [-0.39, 0.29) is 9.70 Å². The van der Waals surface area contributed by atoms with Gasteiger partial charge in [0.25, 0.3) is 0 Å². The summed E-state index contributed by atoms with van der Waals surface area (Å²) in [5, 5.41) is 0.768. The first kappa shape index (κ1) is 9.63. The minimum Gasteiger partial charge on any atom is -0.113 e. The monoisotopic (exact) mass is 254 g/mol. The number of hydrogen-bond acceptors (Lipinski definition) is 0. The van der Waals surface area contributed by atoms with Crippen molar-refractivity contribution < 1.29 is 0 Å². The second kappa shape index (κ2) is 3.51. The lowest BCUT2D eigenvalue weighted by atomic mass is 9.97. The van der Waals surface area contributed by atoms with Gasteiger partial charge < -0.3 is 0 Å². The van der Waals surface area contributed by atoms with Crippen LogP contribution >= 0.6 is 39.1 Å². The van der Waals surface area contributed by atoms with Crippen LogP contribution in [0.5, 0.6) is 0 Å². The van der Waals surface area contributed by atoms with Gasteiger partial charge in [-0.25, -0.2) is 0 Å². The Morgan fingerprint density at radius 1 is 1.73 bits per heavy atom. The van der Waals surface area contributed by atoms with Crippen LogP contribution in [0.4, 0.5) is 0 Å². The van der Waals surface area contributed by atoms with Gasteiger partial charge in [0.1, 0.15) is 0 Å². The van der Waals surface area contributed by atoms with Gasteiger partial charge in [-0.2, -0.15) is 0 Å². The third-order valence-electron chi connectivity index (χ3n) is 1.83. The lowest BCUT2D eigenvalue weighted by Gasteiger charge is -2.29. The van der Waals surface area contributed by atoms with Crippen molar-refractivity contribution in [1.82, 2.24) is 0 Å². The van der Waals surface area contributed by atoms with Gasteiger partial charge in [0.15, 0.2) is 0 Å². The number of rotatable bonds is 1. The highest BCUT2D eigenvalue weighted by atomic mass is 79.9. The van der Waals surface area contributed by atoms with E-state index in [1.54, 1.807) is 0 Å². The number of halogens is 3. The molecule has 0 aromatic rings. The van der Waals surface area contributed by atoms with Crippen molar-refractivity contribution in [2.75, 3.05) is 0 Å². The molecule has 0 aliphatic heterocycles. The van der Waals surface area contributed by atoms with Crippen molar-refractivity contribution in [2.45, 2.75) is 23.0 Å². The summed E-state index contributed by atoms with van der Waals surface area (Å²) < 4.78 is 0. The van der Waals surface area contributed by atoms with Crippen LogP contribution in [-0.2, 0) is 0 Å². The van der Waals surface area contributed by atoms with Crippen LogP contribution in [0.2, 0.25) is 0 Å². The van der Waals surface area contributed by atoms with Gasteiger partial charge in [-0.1, -0.05) is 46.6 Å². The molecule has 1 aliphatic carbocycles. The topological polar surface area (TPSA) is 0 Å². The Morgan fingerprint density at radius 2 is 2.36 bits per heavy atom. The van der Waals surface area contributed by atoms with Crippen molar-refractivity contribution >= 4 is 39.1 Å². The predicted octanol–water partition coefficient (Wildman–Crippen LogP) is 3.83. The summed E-state index contributed by atoms with van der Waals surface area (Å²) in [6.45, 7) is 2.04. The summed E-state index contributed by atoms with van der Waals surface area (Å²) in [5.41, 5.74) is 0.